The Bertz CT molecular complexity index is 718. The first kappa shape index (κ1) is 13.7. The van der Waals surface area contributed by atoms with E-state index in [2.05, 4.69) is 11.0 Å². The van der Waals surface area contributed by atoms with Gasteiger partial charge in [-0.15, -0.1) is 0 Å². The zero-order chi connectivity index (χ0) is 15.0. The third-order valence-electron chi connectivity index (χ3n) is 3.79. The fourth-order valence-electron chi connectivity index (χ4n) is 2.68. The number of anilines is 2. The fraction of sp³-hybridized carbons (Fsp3) is 0.200. The third-order valence-corrected chi connectivity index (χ3v) is 4.09. The molecular weight excluding hydrogens is 290 g/mol. The van der Waals surface area contributed by atoms with Crippen LogP contribution in [-0.2, 0) is 13.0 Å². The van der Waals surface area contributed by atoms with Crippen molar-refractivity contribution in [3.8, 4) is 0 Å². The van der Waals surface area contributed by atoms with Gasteiger partial charge in [0.2, 0.25) is 0 Å². The summed E-state index contributed by atoms with van der Waals surface area (Å²) in [6.07, 6.45) is 0.883. The van der Waals surface area contributed by atoms with E-state index in [4.69, 9.17) is 17.3 Å². The standard InChI is InChI=1S/C15H14ClN3O2/c16-13-8-11(19(20)21)4-5-15(13)18-7-6-10-2-1-3-14(17)12(10)9-18/h1-5,8H,6-7,9,17H2. The van der Waals surface area contributed by atoms with Crippen LogP contribution in [0.3, 0.4) is 0 Å². The van der Waals surface area contributed by atoms with Gasteiger partial charge in [0.05, 0.1) is 15.6 Å². The van der Waals surface area contributed by atoms with Gasteiger partial charge in [-0.3, -0.25) is 10.1 Å². The average molecular weight is 304 g/mol. The Morgan fingerprint density at radius 1 is 1.29 bits per heavy atom. The molecule has 0 amide bonds. The lowest BCUT2D eigenvalue weighted by molar-refractivity contribution is -0.384. The lowest BCUT2D eigenvalue weighted by Crippen LogP contribution is -2.31. The minimum Gasteiger partial charge on any atom is -0.398 e. The van der Waals surface area contributed by atoms with E-state index >= 15 is 0 Å². The maximum absolute atomic E-state index is 10.8. The van der Waals surface area contributed by atoms with E-state index in [1.165, 1.54) is 17.7 Å². The van der Waals surface area contributed by atoms with Crippen LogP contribution in [0.2, 0.25) is 5.02 Å². The van der Waals surface area contributed by atoms with E-state index in [1.807, 2.05) is 12.1 Å². The number of hydrogen-bond acceptors (Lipinski definition) is 4. The highest BCUT2D eigenvalue weighted by atomic mass is 35.5. The minimum absolute atomic E-state index is 0.000624. The second kappa shape index (κ2) is 5.26. The summed E-state index contributed by atoms with van der Waals surface area (Å²) in [5.41, 5.74) is 9.97. The first-order valence-electron chi connectivity index (χ1n) is 6.61. The lowest BCUT2D eigenvalue weighted by Gasteiger charge is -2.32. The van der Waals surface area contributed by atoms with Gasteiger partial charge < -0.3 is 10.6 Å². The molecular formula is C15H14ClN3O2. The highest BCUT2D eigenvalue weighted by Gasteiger charge is 2.21. The van der Waals surface area contributed by atoms with Crippen molar-refractivity contribution in [2.45, 2.75) is 13.0 Å². The summed E-state index contributed by atoms with van der Waals surface area (Å²) in [6.45, 7) is 1.48. The SMILES string of the molecule is Nc1cccc2c1CN(c1ccc([N+](=O)[O-])cc1Cl)CC2. The zero-order valence-corrected chi connectivity index (χ0v) is 12.0. The monoisotopic (exact) mass is 303 g/mol. The van der Waals surface area contributed by atoms with Gasteiger partial charge in [0.1, 0.15) is 0 Å². The molecule has 0 bridgehead atoms. The first-order valence-corrected chi connectivity index (χ1v) is 6.99. The number of nitrogen functional groups attached to an aromatic ring is 1. The van der Waals surface area contributed by atoms with Crippen molar-refractivity contribution in [3.05, 3.63) is 62.7 Å². The molecule has 0 fully saturated rings. The van der Waals surface area contributed by atoms with Crippen molar-refractivity contribution in [2.75, 3.05) is 17.2 Å². The van der Waals surface area contributed by atoms with E-state index in [-0.39, 0.29) is 5.69 Å². The summed E-state index contributed by atoms with van der Waals surface area (Å²) in [7, 11) is 0. The summed E-state index contributed by atoms with van der Waals surface area (Å²) in [5.74, 6) is 0. The number of nitro benzene ring substituents is 1. The molecule has 5 nitrogen and oxygen atoms in total. The zero-order valence-electron chi connectivity index (χ0n) is 11.3. The Morgan fingerprint density at radius 2 is 2.10 bits per heavy atom. The van der Waals surface area contributed by atoms with Crippen molar-refractivity contribution >= 4 is 28.7 Å². The molecule has 1 heterocycles. The van der Waals surface area contributed by atoms with Crippen LogP contribution in [0.1, 0.15) is 11.1 Å². The Labute approximate surface area is 127 Å². The molecule has 1 aliphatic heterocycles. The molecule has 0 radical (unpaired) electrons. The topological polar surface area (TPSA) is 72.4 Å². The quantitative estimate of drug-likeness (QED) is 0.524. The molecule has 0 aromatic heterocycles. The van der Waals surface area contributed by atoms with E-state index in [0.29, 0.717) is 11.6 Å². The summed E-state index contributed by atoms with van der Waals surface area (Å²) >= 11 is 6.20. The van der Waals surface area contributed by atoms with E-state index in [0.717, 1.165) is 29.9 Å². The highest BCUT2D eigenvalue weighted by molar-refractivity contribution is 6.33. The number of nitrogens with two attached hydrogens (primary N) is 1. The van der Waals surface area contributed by atoms with Crippen LogP contribution in [0.15, 0.2) is 36.4 Å². The molecule has 0 saturated heterocycles. The molecule has 6 heteroatoms. The fourth-order valence-corrected chi connectivity index (χ4v) is 2.97. The Balaban J connectivity index is 1.93. The van der Waals surface area contributed by atoms with Gasteiger partial charge in [-0.05, 0) is 29.7 Å². The predicted molar refractivity (Wildman–Crippen MR) is 83.7 cm³/mol. The van der Waals surface area contributed by atoms with Crippen LogP contribution in [0, 0.1) is 10.1 Å². The van der Waals surface area contributed by atoms with Crippen LogP contribution in [0.25, 0.3) is 0 Å². The number of rotatable bonds is 2. The van der Waals surface area contributed by atoms with Gasteiger partial charge in [0.15, 0.2) is 0 Å². The second-order valence-corrected chi connectivity index (χ2v) is 5.46. The Kier molecular flexibility index (Phi) is 3.43. The molecule has 0 aliphatic carbocycles. The third kappa shape index (κ3) is 2.52. The summed E-state index contributed by atoms with van der Waals surface area (Å²) in [4.78, 5) is 12.4. The van der Waals surface area contributed by atoms with Crippen LogP contribution in [-0.4, -0.2) is 11.5 Å². The molecule has 1 aliphatic rings. The van der Waals surface area contributed by atoms with Crippen LogP contribution in [0.5, 0.6) is 0 Å². The van der Waals surface area contributed by atoms with E-state index in [9.17, 15) is 10.1 Å². The molecule has 0 unspecified atom stereocenters. The number of hydrogen-bond donors (Lipinski definition) is 1. The Hall–Kier alpha value is -2.27. The molecule has 108 valence electrons. The molecule has 2 aromatic rings. The summed E-state index contributed by atoms with van der Waals surface area (Å²) in [6, 6.07) is 10.5. The smallest absolute Gasteiger partial charge is 0.271 e. The summed E-state index contributed by atoms with van der Waals surface area (Å²) < 4.78 is 0. The minimum atomic E-state index is -0.445. The number of benzene rings is 2. The average Bonchev–Trinajstić information content (AvgIpc) is 2.47. The van der Waals surface area contributed by atoms with Gasteiger partial charge in [0.25, 0.3) is 5.69 Å². The van der Waals surface area contributed by atoms with Crippen molar-refractivity contribution in [3.63, 3.8) is 0 Å². The largest absolute Gasteiger partial charge is 0.398 e. The first-order chi connectivity index (χ1) is 10.1. The number of fused-ring (bicyclic) bond motifs is 1. The van der Waals surface area contributed by atoms with Crippen molar-refractivity contribution < 1.29 is 4.92 Å². The predicted octanol–water partition coefficient (Wildman–Crippen LogP) is 3.39. The van der Waals surface area contributed by atoms with Gasteiger partial charge >= 0.3 is 0 Å². The molecule has 0 spiro atoms. The molecule has 0 atom stereocenters. The van der Waals surface area contributed by atoms with Gasteiger partial charge in [-0.2, -0.15) is 0 Å². The number of nitro groups is 1. The molecule has 2 aromatic carbocycles. The molecule has 21 heavy (non-hydrogen) atoms. The van der Waals surface area contributed by atoms with Crippen LogP contribution in [0.4, 0.5) is 17.1 Å². The number of nitrogens with zero attached hydrogens (tertiary/aromatic N) is 2. The van der Waals surface area contributed by atoms with Crippen LogP contribution >= 0.6 is 11.6 Å². The molecule has 3 rings (SSSR count). The van der Waals surface area contributed by atoms with E-state index in [1.54, 1.807) is 6.07 Å². The maximum atomic E-state index is 10.8. The van der Waals surface area contributed by atoms with Gasteiger partial charge in [-0.25, -0.2) is 0 Å². The Morgan fingerprint density at radius 3 is 2.81 bits per heavy atom. The normalized spacial score (nSPS) is 13.9. The van der Waals surface area contributed by atoms with Gasteiger partial charge in [0, 0.05) is 30.9 Å². The molecule has 0 saturated carbocycles. The maximum Gasteiger partial charge on any atom is 0.271 e. The van der Waals surface area contributed by atoms with Gasteiger partial charge in [-0.1, -0.05) is 23.7 Å². The van der Waals surface area contributed by atoms with Crippen molar-refractivity contribution in [1.29, 1.82) is 0 Å². The van der Waals surface area contributed by atoms with E-state index < -0.39 is 4.92 Å². The number of halogens is 1. The summed E-state index contributed by atoms with van der Waals surface area (Å²) in [5, 5.41) is 11.2. The second-order valence-electron chi connectivity index (χ2n) is 5.05. The van der Waals surface area contributed by atoms with Crippen LogP contribution < -0.4 is 10.6 Å². The lowest BCUT2D eigenvalue weighted by atomic mass is 9.97. The molecule has 2 N–H and O–H groups in total. The van der Waals surface area contributed by atoms with Crippen molar-refractivity contribution in [1.82, 2.24) is 0 Å². The van der Waals surface area contributed by atoms with Crippen molar-refractivity contribution in [2.24, 2.45) is 0 Å². The highest BCUT2D eigenvalue weighted by Crippen LogP contribution is 2.34. The number of non-ortho nitro benzene ring substituents is 1.